The minimum Gasteiger partial charge on any atom is -0.370 e. The molecule has 0 spiro atoms. The average molecular weight is 347 g/mol. The maximum atomic E-state index is 12.4. The quantitative estimate of drug-likeness (QED) is 0.820. The zero-order chi connectivity index (χ0) is 17.1. The number of hydrogen-bond acceptors (Lipinski definition) is 6. The smallest absolute Gasteiger partial charge is 0.269 e. The SMILES string of the molecule is C[C@H](c1nccs1)N(C)C(=O)Cn1ncc(N2CCCC2)cc1=O. The lowest BCUT2D eigenvalue weighted by atomic mass is 10.3. The van der Waals surface area contributed by atoms with Crippen LogP contribution in [0.4, 0.5) is 5.69 Å². The van der Waals surface area contributed by atoms with E-state index in [0.29, 0.717) is 0 Å². The van der Waals surface area contributed by atoms with Crippen LogP contribution in [0, 0.1) is 0 Å². The van der Waals surface area contributed by atoms with Crippen LogP contribution in [0.2, 0.25) is 0 Å². The van der Waals surface area contributed by atoms with Crippen LogP contribution in [0.15, 0.2) is 28.6 Å². The van der Waals surface area contributed by atoms with Crippen molar-refractivity contribution in [3.05, 3.63) is 39.2 Å². The van der Waals surface area contributed by atoms with Crippen molar-refractivity contribution in [3.8, 4) is 0 Å². The number of rotatable bonds is 5. The fourth-order valence-electron chi connectivity index (χ4n) is 2.75. The normalized spacial score (nSPS) is 15.5. The van der Waals surface area contributed by atoms with Gasteiger partial charge in [0.15, 0.2) is 0 Å². The Kier molecular flexibility index (Phi) is 4.94. The zero-order valence-electron chi connectivity index (χ0n) is 13.9. The predicted molar refractivity (Wildman–Crippen MR) is 93.2 cm³/mol. The van der Waals surface area contributed by atoms with E-state index in [2.05, 4.69) is 15.0 Å². The Bertz CT molecular complexity index is 752. The van der Waals surface area contributed by atoms with Gasteiger partial charge in [-0.15, -0.1) is 11.3 Å². The third-order valence-corrected chi connectivity index (χ3v) is 5.34. The molecule has 2 aromatic rings. The average Bonchev–Trinajstić information content (AvgIpc) is 3.28. The highest BCUT2D eigenvalue weighted by molar-refractivity contribution is 7.09. The third-order valence-electron chi connectivity index (χ3n) is 4.39. The lowest BCUT2D eigenvalue weighted by molar-refractivity contribution is -0.132. The Balaban J connectivity index is 1.68. The maximum absolute atomic E-state index is 12.4. The van der Waals surface area contributed by atoms with Gasteiger partial charge in [0, 0.05) is 37.8 Å². The van der Waals surface area contributed by atoms with Gasteiger partial charge < -0.3 is 9.80 Å². The van der Waals surface area contributed by atoms with Gasteiger partial charge in [-0.1, -0.05) is 0 Å². The summed E-state index contributed by atoms with van der Waals surface area (Å²) in [4.78, 5) is 32.7. The van der Waals surface area contributed by atoms with Gasteiger partial charge in [-0.25, -0.2) is 9.67 Å². The summed E-state index contributed by atoms with van der Waals surface area (Å²) >= 11 is 1.51. The molecule has 0 aromatic carbocycles. The first-order valence-corrected chi connectivity index (χ1v) is 8.91. The van der Waals surface area contributed by atoms with Crippen LogP contribution >= 0.6 is 11.3 Å². The minimum absolute atomic E-state index is 0.0642. The Hall–Kier alpha value is -2.22. The monoisotopic (exact) mass is 347 g/mol. The first-order chi connectivity index (χ1) is 11.6. The van der Waals surface area contributed by atoms with Crippen LogP contribution < -0.4 is 10.5 Å². The summed E-state index contributed by atoms with van der Waals surface area (Å²) in [5.74, 6) is -0.166. The topological polar surface area (TPSA) is 71.3 Å². The van der Waals surface area contributed by atoms with Crippen molar-refractivity contribution in [2.24, 2.45) is 0 Å². The van der Waals surface area contributed by atoms with Gasteiger partial charge in [0.1, 0.15) is 11.6 Å². The van der Waals surface area contributed by atoms with Crippen molar-refractivity contribution in [1.82, 2.24) is 19.7 Å². The van der Waals surface area contributed by atoms with Crippen molar-refractivity contribution in [2.45, 2.75) is 32.4 Å². The van der Waals surface area contributed by atoms with Gasteiger partial charge in [0.05, 0.1) is 17.9 Å². The summed E-state index contributed by atoms with van der Waals surface area (Å²) in [6, 6.07) is 1.44. The van der Waals surface area contributed by atoms with E-state index < -0.39 is 0 Å². The summed E-state index contributed by atoms with van der Waals surface area (Å²) in [5, 5.41) is 6.92. The molecule has 1 aliphatic rings. The number of carbonyl (C=O) groups excluding carboxylic acids is 1. The first kappa shape index (κ1) is 16.6. The van der Waals surface area contributed by atoms with Gasteiger partial charge in [0.2, 0.25) is 5.91 Å². The minimum atomic E-state index is -0.247. The van der Waals surface area contributed by atoms with Crippen LogP contribution in [-0.4, -0.2) is 45.7 Å². The molecule has 3 rings (SSSR count). The molecule has 0 saturated carbocycles. The van der Waals surface area contributed by atoms with Crippen molar-refractivity contribution in [1.29, 1.82) is 0 Å². The summed E-state index contributed by atoms with van der Waals surface area (Å²) in [6.07, 6.45) is 5.67. The summed E-state index contributed by atoms with van der Waals surface area (Å²) in [7, 11) is 1.72. The Labute approximate surface area is 144 Å². The van der Waals surface area contributed by atoms with Gasteiger partial charge in [-0.3, -0.25) is 9.59 Å². The van der Waals surface area contributed by atoms with Gasteiger partial charge in [0.25, 0.3) is 5.56 Å². The highest BCUT2D eigenvalue weighted by Crippen LogP contribution is 2.21. The number of anilines is 1. The van der Waals surface area contributed by atoms with Crippen LogP contribution in [-0.2, 0) is 11.3 Å². The van der Waals surface area contributed by atoms with E-state index in [1.807, 2.05) is 12.3 Å². The molecule has 24 heavy (non-hydrogen) atoms. The highest BCUT2D eigenvalue weighted by Gasteiger charge is 2.20. The number of hydrogen-bond donors (Lipinski definition) is 0. The van der Waals surface area contributed by atoms with E-state index in [1.54, 1.807) is 30.4 Å². The van der Waals surface area contributed by atoms with E-state index in [0.717, 1.165) is 36.6 Å². The number of likely N-dealkylation sites (N-methyl/N-ethyl adjacent to an activating group) is 1. The Morgan fingerprint density at radius 2 is 2.17 bits per heavy atom. The molecular weight excluding hydrogens is 326 g/mol. The Morgan fingerprint density at radius 3 is 2.79 bits per heavy atom. The van der Waals surface area contributed by atoms with Gasteiger partial charge in [-0.05, 0) is 19.8 Å². The molecule has 1 fully saturated rings. The molecule has 7 nitrogen and oxygen atoms in total. The van der Waals surface area contributed by atoms with Crippen LogP contribution in [0.25, 0.3) is 0 Å². The number of thiazole rings is 1. The molecule has 128 valence electrons. The van der Waals surface area contributed by atoms with Crippen molar-refractivity contribution < 1.29 is 4.79 Å². The van der Waals surface area contributed by atoms with Crippen LogP contribution in [0.3, 0.4) is 0 Å². The van der Waals surface area contributed by atoms with Crippen molar-refractivity contribution in [3.63, 3.8) is 0 Å². The predicted octanol–water partition coefficient (Wildman–Crippen LogP) is 1.52. The molecule has 0 unspecified atom stereocenters. The number of amides is 1. The fraction of sp³-hybridized carbons (Fsp3) is 0.500. The second-order valence-electron chi connectivity index (χ2n) is 5.95. The second kappa shape index (κ2) is 7.12. The third kappa shape index (κ3) is 3.48. The standard InChI is InChI=1S/C16H21N5O2S/c1-12(16-17-5-8-24-16)19(2)15(23)11-21-14(22)9-13(10-18-21)20-6-3-4-7-20/h5,8-10,12H,3-4,6-7,11H2,1-2H3/t12-/m1/s1. The number of aromatic nitrogens is 3. The fourth-order valence-corrected chi connectivity index (χ4v) is 3.49. The van der Waals surface area contributed by atoms with E-state index in [-0.39, 0.29) is 24.1 Å². The molecule has 0 bridgehead atoms. The summed E-state index contributed by atoms with van der Waals surface area (Å²) < 4.78 is 1.22. The van der Waals surface area contributed by atoms with Crippen LogP contribution in [0.1, 0.15) is 30.8 Å². The lowest BCUT2D eigenvalue weighted by Crippen LogP contribution is -2.36. The first-order valence-electron chi connectivity index (χ1n) is 8.03. The van der Waals surface area contributed by atoms with E-state index in [1.165, 1.54) is 16.0 Å². The zero-order valence-corrected chi connectivity index (χ0v) is 14.7. The van der Waals surface area contributed by atoms with Crippen molar-refractivity contribution >= 4 is 22.9 Å². The molecule has 1 aliphatic heterocycles. The molecule has 1 amide bonds. The van der Waals surface area contributed by atoms with E-state index in [4.69, 9.17) is 0 Å². The molecule has 2 aromatic heterocycles. The largest absolute Gasteiger partial charge is 0.370 e. The number of carbonyl (C=O) groups is 1. The molecule has 0 aliphatic carbocycles. The molecule has 1 atom stereocenters. The lowest BCUT2D eigenvalue weighted by Gasteiger charge is -2.23. The summed E-state index contributed by atoms with van der Waals surface area (Å²) in [5.41, 5.74) is 0.591. The molecule has 3 heterocycles. The van der Waals surface area contributed by atoms with Gasteiger partial charge >= 0.3 is 0 Å². The van der Waals surface area contributed by atoms with Crippen LogP contribution in [0.5, 0.6) is 0 Å². The molecule has 8 heteroatoms. The summed E-state index contributed by atoms with van der Waals surface area (Å²) in [6.45, 7) is 3.77. The van der Waals surface area contributed by atoms with E-state index >= 15 is 0 Å². The molecule has 0 N–H and O–H groups in total. The Morgan fingerprint density at radius 1 is 1.42 bits per heavy atom. The highest BCUT2D eigenvalue weighted by atomic mass is 32.1. The second-order valence-corrected chi connectivity index (χ2v) is 6.88. The van der Waals surface area contributed by atoms with E-state index in [9.17, 15) is 9.59 Å². The number of nitrogens with zero attached hydrogens (tertiary/aromatic N) is 5. The molecule has 1 saturated heterocycles. The molecule has 0 radical (unpaired) electrons. The molecular formula is C16H21N5O2S. The maximum Gasteiger partial charge on any atom is 0.269 e. The van der Waals surface area contributed by atoms with Crippen molar-refractivity contribution in [2.75, 3.05) is 25.0 Å². The van der Waals surface area contributed by atoms with Gasteiger partial charge in [-0.2, -0.15) is 5.10 Å².